The summed E-state index contributed by atoms with van der Waals surface area (Å²) < 4.78 is 0. The number of hydrogen-bond acceptors (Lipinski definition) is 3. The fourth-order valence-electron chi connectivity index (χ4n) is 0.490. The highest BCUT2D eigenvalue weighted by Crippen LogP contribution is 1.96. The smallest absolute Gasteiger partial charge is 0.405 e. The predicted molar refractivity (Wildman–Crippen MR) is 41.0 cm³/mol. The Morgan fingerprint density at radius 1 is 1.55 bits per heavy atom. The first-order valence-electron chi connectivity index (χ1n) is 2.79. The van der Waals surface area contributed by atoms with Crippen molar-refractivity contribution in [2.75, 3.05) is 12.0 Å². The number of carboxylic acid groups (broad SMARTS) is 2. The molecule has 11 heavy (non-hydrogen) atoms. The topological polar surface area (TPSA) is 86.6 Å². The number of aliphatic carboxylic acids is 1. The van der Waals surface area contributed by atoms with Crippen LogP contribution in [0.2, 0.25) is 0 Å². The van der Waals surface area contributed by atoms with Crippen molar-refractivity contribution in [1.29, 1.82) is 0 Å². The molecule has 0 bridgehead atoms. The van der Waals surface area contributed by atoms with E-state index in [2.05, 4.69) is 0 Å². The number of thioether (sulfide) groups is 1. The van der Waals surface area contributed by atoms with Gasteiger partial charge in [0, 0.05) is 5.75 Å². The zero-order valence-corrected chi connectivity index (χ0v) is 6.72. The lowest BCUT2D eigenvalue weighted by atomic mass is 10.3. The number of amides is 1. The Hall–Kier alpha value is -0.910. The Morgan fingerprint density at radius 2 is 2.09 bits per heavy atom. The molecule has 0 saturated heterocycles. The number of rotatable bonds is 4. The molecule has 0 saturated carbocycles. The maximum atomic E-state index is 10.3. The molecule has 5 nitrogen and oxygen atoms in total. The van der Waals surface area contributed by atoms with Gasteiger partial charge in [0.25, 0.3) is 0 Å². The second-order valence-corrected chi connectivity index (χ2v) is 2.71. The molecule has 3 N–H and O–H groups in total. The lowest BCUT2D eigenvalue weighted by Crippen LogP contribution is -2.41. The summed E-state index contributed by atoms with van der Waals surface area (Å²) in [4.78, 5) is 20.3. The van der Waals surface area contributed by atoms with Gasteiger partial charge in [-0.3, -0.25) is 0 Å². The van der Waals surface area contributed by atoms with Crippen molar-refractivity contribution in [3.63, 3.8) is 0 Å². The predicted octanol–water partition coefficient (Wildman–Crippen LogP) is 0.0702. The van der Waals surface area contributed by atoms with E-state index in [0.29, 0.717) is 0 Å². The Morgan fingerprint density at radius 3 is 2.36 bits per heavy atom. The van der Waals surface area contributed by atoms with Gasteiger partial charge in [-0.2, -0.15) is 11.8 Å². The van der Waals surface area contributed by atoms with Gasteiger partial charge in [0.05, 0.1) is 0 Å². The number of nitrogens with one attached hydrogen (secondary N) is 1. The summed E-state index contributed by atoms with van der Waals surface area (Å²) >= 11 is 1.27. The fourth-order valence-corrected chi connectivity index (χ4v) is 1.05. The standard InChI is InChI=1S/C5H9NO4S/c1-11-2-3(4(7)8)6-5(9)10/h3,6H,2H2,1H3,(H,7,8)(H,9,10). The minimum Gasteiger partial charge on any atom is -0.480 e. The molecule has 0 aromatic rings. The highest BCUT2D eigenvalue weighted by Gasteiger charge is 2.17. The molecule has 0 aliphatic carbocycles. The second-order valence-electron chi connectivity index (χ2n) is 1.80. The monoisotopic (exact) mass is 179 g/mol. The fraction of sp³-hybridized carbons (Fsp3) is 0.600. The van der Waals surface area contributed by atoms with Crippen LogP contribution in [0.4, 0.5) is 4.79 Å². The van der Waals surface area contributed by atoms with E-state index in [-0.39, 0.29) is 5.75 Å². The molecule has 0 aromatic heterocycles. The molecule has 0 heterocycles. The first-order valence-corrected chi connectivity index (χ1v) is 4.18. The van der Waals surface area contributed by atoms with Crippen molar-refractivity contribution in [3.8, 4) is 0 Å². The number of hydrogen-bond donors (Lipinski definition) is 3. The molecule has 0 aliphatic rings. The van der Waals surface area contributed by atoms with Crippen LogP contribution in [-0.2, 0) is 4.79 Å². The van der Waals surface area contributed by atoms with Crippen molar-refractivity contribution >= 4 is 23.8 Å². The van der Waals surface area contributed by atoms with Crippen LogP contribution in [0, 0.1) is 0 Å². The maximum absolute atomic E-state index is 10.3. The summed E-state index contributed by atoms with van der Waals surface area (Å²) in [5.41, 5.74) is 0. The highest BCUT2D eigenvalue weighted by atomic mass is 32.2. The van der Waals surface area contributed by atoms with Gasteiger partial charge in [-0.15, -0.1) is 0 Å². The lowest BCUT2D eigenvalue weighted by molar-refractivity contribution is -0.138. The van der Waals surface area contributed by atoms with E-state index >= 15 is 0 Å². The second kappa shape index (κ2) is 4.84. The lowest BCUT2D eigenvalue weighted by Gasteiger charge is -2.09. The van der Waals surface area contributed by atoms with Crippen molar-refractivity contribution in [2.45, 2.75) is 6.04 Å². The quantitative estimate of drug-likeness (QED) is 0.568. The number of carboxylic acids is 1. The average Bonchev–Trinajstić information content (AvgIpc) is 1.86. The summed E-state index contributed by atoms with van der Waals surface area (Å²) in [7, 11) is 0. The summed E-state index contributed by atoms with van der Waals surface area (Å²) in [6, 6.07) is -1.01. The van der Waals surface area contributed by atoms with E-state index < -0.39 is 18.1 Å². The molecule has 0 spiro atoms. The van der Waals surface area contributed by atoms with Crippen LogP contribution in [0.5, 0.6) is 0 Å². The van der Waals surface area contributed by atoms with E-state index in [1.807, 2.05) is 5.32 Å². The third-order valence-electron chi connectivity index (χ3n) is 0.929. The largest absolute Gasteiger partial charge is 0.480 e. The Labute approximate surface area is 67.8 Å². The summed E-state index contributed by atoms with van der Waals surface area (Å²) in [5, 5.41) is 18.5. The molecule has 0 radical (unpaired) electrons. The van der Waals surface area contributed by atoms with Gasteiger partial charge in [-0.25, -0.2) is 9.59 Å². The normalized spacial score (nSPS) is 12.1. The van der Waals surface area contributed by atoms with Gasteiger partial charge in [0.2, 0.25) is 0 Å². The zero-order chi connectivity index (χ0) is 8.85. The molecule has 0 aliphatic heterocycles. The average molecular weight is 179 g/mol. The molecule has 6 heteroatoms. The first-order chi connectivity index (χ1) is 5.07. The minimum absolute atomic E-state index is 0.238. The molecular formula is C5H9NO4S. The Kier molecular flexibility index (Phi) is 4.44. The third-order valence-corrected chi connectivity index (χ3v) is 1.60. The van der Waals surface area contributed by atoms with Gasteiger partial charge in [-0.1, -0.05) is 0 Å². The maximum Gasteiger partial charge on any atom is 0.405 e. The van der Waals surface area contributed by atoms with Crippen LogP contribution in [-0.4, -0.2) is 40.3 Å². The Bertz CT molecular complexity index is 161. The van der Waals surface area contributed by atoms with E-state index in [4.69, 9.17) is 10.2 Å². The minimum atomic E-state index is -1.31. The van der Waals surface area contributed by atoms with Gasteiger partial charge < -0.3 is 15.5 Å². The van der Waals surface area contributed by atoms with Gasteiger partial charge in [-0.05, 0) is 6.26 Å². The highest BCUT2D eigenvalue weighted by molar-refractivity contribution is 7.98. The molecule has 0 fully saturated rings. The van der Waals surface area contributed by atoms with Crippen LogP contribution in [0.15, 0.2) is 0 Å². The zero-order valence-electron chi connectivity index (χ0n) is 5.90. The van der Waals surface area contributed by atoms with E-state index in [1.165, 1.54) is 11.8 Å². The number of carbonyl (C=O) groups is 2. The molecule has 0 rings (SSSR count). The van der Waals surface area contributed by atoms with Crippen LogP contribution < -0.4 is 5.32 Å². The molecular weight excluding hydrogens is 170 g/mol. The van der Waals surface area contributed by atoms with Crippen molar-refractivity contribution in [2.24, 2.45) is 0 Å². The third kappa shape index (κ3) is 4.49. The summed E-state index contributed by atoms with van der Waals surface area (Å²) in [5.74, 6) is -0.913. The van der Waals surface area contributed by atoms with E-state index in [0.717, 1.165) is 0 Å². The molecule has 0 aromatic carbocycles. The summed E-state index contributed by atoms with van der Waals surface area (Å²) in [6.07, 6.45) is 0.394. The van der Waals surface area contributed by atoms with Gasteiger partial charge >= 0.3 is 12.1 Å². The van der Waals surface area contributed by atoms with Crippen LogP contribution >= 0.6 is 11.8 Å². The molecule has 1 unspecified atom stereocenters. The van der Waals surface area contributed by atoms with Crippen LogP contribution in [0.1, 0.15) is 0 Å². The van der Waals surface area contributed by atoms with Crippen molar-refractivity contribution in [3.05, 3.63) is 0 Å². The van der Waals surface area contributed by atoms with Crippen LogP contribution in [0.3, 0.4) is 0 Å². The SMILES string of the molecule is CSCC(NC(=O)O)C(=O)O. The summed E-state index contributed by atoms with van der Waals surface area (Å²) in [6.45, 7) is 0. The van der Waals surface area contributed by atoms with E-state index in [1.54, 1.807) is 6.26 Å². The van der Waals surface area contributed by atoms with Gasteiger partial charge in [0.15, 0.2) is 0 Å². The molecule has 64 valence electrons. The van der Waals surface area contributed by atoms with Gasteiger partial charge in [0.1, 0.15) is 6.04 Å². The molecule has 1 amide bonds. The van der Waals surface area contributed by atoms with Crippen LogP contribution in [0.25, 0.3) is 0 Å². The van der Waals surface area contributed by atoms with Crippen molar-refractivity contribution < 1.29 is 19.8 Å². The Balaban J connectivity index is 3.89. The first kappa shape index (κ1) is 10.1. The van der Waals surface area contributed by atoms with E-state index in [9.17, 15) is 9.59 Å². The molecule has 1 atom stereocenters. The van der Waals surface area contributed by atoms with Crippen molar-refractivity contribution in [1.82, 2.24) is 5.32 Å².